The van der Waals surface area contributed by atoms with Crippen molar-refractivity contribution in [2.24, 2.45) is 0 Å². The van der Waals surface area contributed by atoms with Gasteiger partial charge in [0.25, 0.3) is 0 Å². The van der Waals surface area contributed by atoms with Crippen molar-refractivity contribution in [3.8, 4) is 0 Å². The van der Waals surface area contributed by atoms with Crippen molar-refractivity contribution in [1.29, 1.82) is 0 Å². The zero-order chi connectivity index (χ0) is 11.5. The van der Waals surface area contributed by atoms with E-state index in [4.69, 9.17) is 0 Å². The van der Waals surface area contributed by atoms with E-state index in [1.807, 2.05) is 0 Å². The molecule has 0 aromatic carbocycles. The number of nitrogens with zero attached hydrogens (tertiary/aromatic N) is 2. The minimum Gasteiger partial charge on any atom is -0.315 e. The summed E-state index contributed by atoms with van der Waals surface area (Å²) in [5.41, 5.74) is 0. The van der Waals surface area contributed by atoms with Crippen LogP contribution in [0.15, 0.2) is 0 Å². The van der Waals surface area contributed by atoms with Crippen molar-refractivity contribution < 1.29 is 0 Å². The highest BCUT2D eigenvalue weighted by molar-refractivity contribution is 4.88. The highest BCUT2D eigenvalue weighted by atomic mass is 15.3. The standard InChI is InChI=1S/C14H27N3/c1-2-7-15-11-13(5-1)17-10-4-9-16-8-3-6-14(16)12-17/h13-15H,1-12H2. The van der Waals surface area contributed by atoms with Crippen molar-refractivity contribution >= 4 is 0 Å². The monoisotopic (exact) mass is 237 g/mol. The normalized spacial score (nSPS) is 37.4. The molecule has 0 aromatic rings. The molecule has 0 aliphatic carbocycles. The minimum atomic E-state index is 0.818. The average molecular weight is 237 g/mol. The third-order valence-electron chi connectivity index (χ3n) is 4.87. The van der Waals surface area contributed by atoms with Gasteiger partial charge in [0, 0.05) is 25.2 Å². The topological polar surface area (TPSA) is 18.5 Å². The van der Waals surface area contributed by atoms with Gasteiger partial charge < -0.3 is 5.32 Å². The Morgan fingerprint density at radius 1 is 0.765 bits per heavy atom. The summed E-state index contributed by atoms with van der Waals surface area (Å²) in [6, 6.07) is 1.69. The fraction of sp³-hybridized carbons (Fsp3) is 1.00. The Labute approximate surface area is 106 Å². The molecule has 0 aromatic heterocycles. The minimum absolute atomic E-state index is 0.818. The first-order valence-corrected chi connectivity index (χ1v) is 7.62. The van der Waals surface area contributed by atoms with E-state index in [9.17, 15) is 0 Å². The number of fused-ring (bicyclic) bond motifs is 1. The summed E-state index contributed by atoms with van der Waals surface area (Å²) >= 11 is 0. The van der Waals surface area contributed by atoms with E-state index < -0.39 is 0 Å². The number of nitrogens with one attached hydrogen (secondary N) is 1. The maximum absolute atomic E-state index is 3.62. The van der Waals surface area contributed by atoms with Gasteiger partial charge in [0.2, 0.25) is 0 Å². The summed E-state index contributed by atoms with van der Waals surface area (Å²) in [6.07, 6.45) is 8.47. The number of hydrogen-bond donors (Lipinski definition) is 1. The van der Waals surface area contributed by atoms with Crippen LogP contribution in [0, 0.1) is 0 Å². The van der Waals surface area contributed by atoms with Crippen LogP contribution in [0.2, 0.25) is 0 Å². The van der Waals surface area contributed by atoms with E-state index in [1.165, 1.54) is 77.8 Å². The molecule has 2 atom stereocenters. The molecule has 2 unspecified atom stereocenters. The van der Waals surface area contributed by atoms with E-state index in [0.717, 1.165) is 12.1 Å². The Balaban J connectivity index is 1.61. The molecule has 0 amide bonds. The lowest BCUT2D eigenvalue weighted by molar-refractivity contribution is 0.166. The van der Waals surface area contributed by atoms with E-state index >= 15 is 0 Å². The van der Waals surface area contributed by atoms with Crippen molar-refractivity contribution in [1.82, 2.24) is 15.1 Å². The van der Waals surface area contributed by atoms with Crippen LogP contribution in [0.1, 0.15) is 38.5 Å². The molecule has 1 N–H and O–H groups in total. The maximum Gasteiger partial charge on any atom is 0.0223 e. The molecule has 3 fully saturated rings. The Morgan fingerprint density at radius 2 is 1.59 bits per heavy atom. The molecule has 3 rings (SSSR count). The zero-order valence-electron chi connectivity index (χ0n) is 11.0. The Bertz CT molecular complexity index is 236. The first-order chi connectivity index (χ1) is 8.43. The van der Waals surface area contributed by atoms with Crippen LogP contribution >= 0.6 is 0 Å². The third kappa shape index (κ3) is 2.83. The molecule has 17 heavy (non-hydrogen) atoms. The van der Waals surface area contributed by atoms with E-state index in [2.05, 4.69) is 15.1 Å². The molecule has 3 heterocycles. The van der Waals surface area contributed by atoms with Gasteiger partial charge in [0.15, 0.2) is 0 Å². The van der Waals surface area contributed by atoms with Gasteiger partial charge in [-0.05, 0) is 58.3 Å². The molecular formula is C14H27N3. The fourth-order valence-corrected chi connectivity index (χ4v) is 3.88. The molecule has 98 valence electrons. The molecule has 0 spiro atoms. The molecule has 3 aliphatic heterocycles. The molecular weight excluding hydrogens is 210 g/mol. The number of rotatable bonds is 1. The molecule has 0 bridgehead atoms. The highest BCUT2D eigenvalue weighted by Gasteiger charge is 2.31. The van der Waals surface area contributed by atoms with Gasteiger partial charge in [-0.25, -0.2) is 0 Å². The van der Waals surface area contributed by atoms with Gasteiger partial charge in [-0.3, -0.25) is 9.80 Å². The van der Waals surface area contributed by atoms with Crippen molar-refractivity contribution in [2.45, 2.75) is 50.6 Å². The second-order valence-electron chi connectivity index (χ2n) is 6.03. The van der Waals surface area contributed by atoms with Gasteiger partial charge in [-0.2, -0.15) is 0 Å². The lowest BCUT2D eigenvalue weighted by Crippen LogP contribution is -2.45. The van der Waals surface area contributed by atoms with Gasteiger partial charge in [-0.15, -0.1) is 0 Å². The second-order valence-corrected chi connectivity index (χ2v) is 6.03. The smallest absolute Gasteiger partial charge is 0.0223 e. The van der Waals surface area contributed by atoms with Gasteiger partial charge in [-0.1, -0.05) is 6.42 Å². The molecule has 0 radical (unpaired) electrons. The predicted molar refractivity (Wildman–Crippen MR) is 71.3 cm³/mol. The summed E-state index contributed by atoms with van der Waals surface area (Å²) in [4.78, 5) is 5.54. The van der Waals surface area contributed by atoms with Gasteiger partial charge >= 0.3 is 0 Å². The molecule has 3 heteroatoms. The lowest BCUT2D eigenvalue weighted by Gasteiger charge is -2.32. The molecule has 0 saturated carbocycles. The van der Waals surface area contributed by atoms with Crippen LogP contribution in [0.5, 0.6) is 0 Å². The maximum atomic E-state index is 3.62. The average Bonchev–Trinajstić information content (AvgIpc) is 2.59. The first-order valence-electron chi connectivity index (χ1n) is 7.62. The van der Waals surface area contributed by atoms with Crippen molar-refractivity contribution in [3.05, 3.63) is 0 Å². The largest absolute Gasteiger partial charge is 0.315 e. The van der Waals surface area contributed by atoms with Crippen LogP contribution < -0.4 is 5.32 Å². The van der Waals surface area contributed by atoms with Crippen LogP contribution in [-0.4, -0.2) is 61.2 Å². The number of hydrogen-bond acceptors (Lipinski definition) is 3. The van der Waals surface area contributed by atoms with E-state index in [-0.39, 0.29) is 0 Å². The van der Waals surface area contributed by atoms with Crippen molar-refractivity contribution in [2.75, 3.05) is 39.3 Å². The van der Waals surface area contributed by atoms with Crippen LogP contribution in [0.3, 0.4) is 0 Å². The fourth-order valence-electron chi connectivity index (χ4n) is 3.88. The Morgan fingerprint density at radius 3 is 2.59 bits per heavy atom. The van der Waals surface area contributed by atoms with E-state index in [0.29, 0.717) is 0 Å². The quantitative estimate of drug-likeness (QED) is 0.741. The van der Waals surface area contributed by atoms with Gasteiger partial charge in [0.05, 0.1) is 0 Å². The third-order valence-corrected chi connectivity index (χ3v) is 4.87. The molecule has 3 nitrogen and oxygen atoms in total. The van der Waals surface area contributed by atoms with Crippen molar-refractivity contribution in [3.63, 3.8) is 0 Å². The van der Waals surface area contributed by atoms with Crippen LogP contribution in [0.4, 0.5) is 0 Å². The summed E-state index contributed by atoms with van der Waals surface area (Å²) in [5.74, 6) is 0. The van der Waals surface area contributed by atoms with Gasteiger partial charge in [0.1, 0.15) is 0 Å². The molecule has 3 aliphatic rings. The van der Waals surface area contributed by atoms with E-state index in [1.54, 1.807) is 0 Å². The highest BCUT2D eigenvalue weighted by Crippen LogP contribution is 2.23. The lowest BCUT2D eigenvalue weighted by atomic mass is 10.1. The summed E-state index contributed by atoms with van der Waals surface area (Å²) in [5, 5.41) is 3.62. The SMILES string of the molecule is C1CCC(N2CCCN3CCCC3C2)CNC1. The second kappa shape index (κ2) is 5.68. The Hall–Kier alpha value is -0.120. The first kappa shape index (κ1) is 11.9. The van der Waals surface area contributed by atoms with Crippen LogP contribution in [-0.2, 0) is 0 Å². The summed E-state index contributed by atoms with van der Waals surface area (Å²) in [6.45, 7) is 7.85. The predicted octanol–water partition coefficient (Wildman–Crippen LogP) is 1.30. The Kier molecular flexibility index (Phi) is 3.99. The van der Waals surface area contributed by atoms with Crippen LogP contribution in [0.25, 0.3) is 0 Å². The molecule has 3 saturated heterocycles. The summed E-state index contributed by atoms with van der Waals surface area (Å²) < 4.78 is 0. The zero-order valence-corrected chi connectivity index (χ0v) is 11.0. The summed E-state index contributed by atoms with van der Waals surface area (Å²) in [7, 11) is 0.